The maximum Gasteiger partial charge on any atom is 0.236 e. The fraction of sp³-hybridized carbons (Fsp3) is 0.273. The molecule has 3 aromatic rings. The largest absolute Gasteiger partial charge is 0.339 e. The Morgan fingerprint density at radius 3 is 2.70 bits per heavy atom. The van der Waals surface area contributed by atoms with Gasteiger partial charge >= 0.3 is 0 Å². The van der Waals surface area contributed by atoms with Gasteiger partial charge in [0.15, 0.2) is 0 Å². The third-order valence-electron chi connectivity index (χ3n) is 5.12. The lowest BCUT2D eigenvalue weighted by atomic mass is 9.96. The van der Waals surface area contributed by atoms with E-state index in [1.54, 1.807) is 24.3 Å². The molecule has 30 heavy (non-hydrogen) atoms. The predicted octanol–water partition coefficient (Wildman–Crippen LogP) is 4.13. The van der Waals surface area contributed by atoms with Crippen molar-refractivity contribution in [3.05, 3.63) is 77.3 Å². The maximum absolute atomic E-state index is 13.9. The molecule has 0 bridgehead atoms. The van der Waals surface area contributed by atoms with Crippen LogP contribution in [-0.2, 0) is 16.4 Å². The van der Waals surface area contributed by atoms with Crippen LogP contribution in [0.5, 0.6) is 0 Å². The van der Waals surface area contributed by atoms with Crippen LogP contribution in [0, 0.1) is 11.7 Å². The zero-order valence-corrected chi connectivity index (χ0v) is 17.1. The Morgan fingerprint density at radius 2 is 1.90 bits per heavy atom. The highest BCUT2D eigenvalue weighted by Crippen LogP contribution is 2.25. The molecular weight excluding hydrogens is 405 g/mol. The third kappa shape index (κ3) is 4.83. The molecule has 1 saturated heterocycles. The molecule has 0 radical (unpaired) electrons. The molecule has 6 nitrogen and oxygen atoms in total. The van der Waals surface area contributed by atoms with Gasteiger partial charge in [-0.3, -0.25) is 0 Å². The highest BCUT2D eigenvalue weighted by Gasteiger charge is 2.28. The summed E-state index contributed by atoms with van der Waals surface area (Å²) in [5.74, 6) is 0.240. The maximum atomic E-state index is 13.9. The summed E-state index contributed by atoms with van der Waals surface area (Å²) < 4.78 is 46.2. The first-order valence-electron chi connectivity index (χ1n) is 9.82. The summed E-state index contributed by atoms with van der Waals surface area (Å²) in [5, 5.41) is 5.13. The van der Waals surface area contributed by atoms with Gasteiger partial charge in [-0.2, -0.15) is 9.29 Å². The van der Waals surface area contributed by atoms with E-state index in [0.717, 1.165) is 18.4 Å². The number of halogens is 1. The van der Waals surface area contributed by atoms with Crippen LogP contribution in [-0.4, -0.2) is 36.0 Å². The van der Waals surface area contributed by atoms with Crippen molar-refractivity contribution < 1.29 is 17.3 Å². The summed E-state index contributed by atoms with van der Waals surface area (Å²) in [6.45, 7) is 0.876. The third-order valence-corrected chi connectivity index (χ3v) is 6.65. The number of nitrogens with zero attached hydrogens (tertiary/aromatic N) is 3. The lowest BCUT2D eigenvalue weighted by Gasteiger charge is -2.30. The summed E-state index contributed by atoms with van der Waals surface area (Å²) in [4.78, 5) is 4.30. The van der Waals surface area contributed by atoms with Crippen molar-refractivity contribution in [1.29, 1.82) is 0 Å². The fourth-order valence-electron chi connectivity index (χ4n) is 3.58. The van der Waals surface area contributed by atoms with Crippen molar-refractivity contribution in [2.45, 2.75) is 19.3 Å². The van der Waals surface area contributed by atoms with Crippen LogP contribution in [0.3, 0.4) is 0 Å². The van der Waals surface area contributed by atoms with Gasteiger partial charge in [0, 0.05) is 24.9 Å². The highest BCUT2D eigenvalue weighted by molar-refractivity contribution is 7.92. The van der Waals surface area contributed by atoms with Crippen LogP contribution in [0.1, 0.15) is 24.3 Å². The topological polar surface area (TPSA) is 76.3 Å². The Morgan fingerprint density at radius 1 is 1.13 bits per heavy atom. The SMILES string of the molecule is O=S(=O)(/C=C/c1ccccc1)N1CCCC(Cc2nc(-c3ccccc3F)no2)C1. The van der Waals surface area contributed by atoms with Crippen LogP contribution in [0.15, 0.2) is 64.5 Å². The zero-order chi connectivity index (χ0) is 21.0. The monoisotopic (exact) mass is 427 g/mol. The highest BCUT2D eigenvalue weighted by atomic mass is 32.2. The number of benzene rings is 2. The van der Waals surface area contributed by atoms with Gasteiger partial charge in [-0.25, -0.2) is 12.8 Å². The minimum absolute atomic E-state index is 0.0626. The molecule has 0 N–H and O–H groups in total. The smallest absolute Gasteiger partial charge is 0.236 e. The van der Waals surface area contributed by atoms with E-state index >= 15 is 0 Å². The molecule has 8 heteroatoms. The summed E-state index contributed by atoms with van der Waals surface area (Å²) in [6, 6.07) is 15.6. The van der Waals surface area contributed by atoms with Gasteiger partial charge in [0.05, 0.1) is 5.56 Å². The van der Waals surface area contributed by atoms with Crippen LogP contribution < -0.4 is 0 Å². The van der Waals surface area contributed by atoms with Gasteiger partial charge in [0.25, 0.3) is 0 Å². The van der Waals surface area contributed by atoms with E-state index in [4.69, 9.17) is 4.52 Å². The number of hydrogen-bond donors (Lipinski definition) is 0. The Labute approximate surface area is 175 Å². The van der Waals surface area contributed by atoms with Crippen LogP contribution in [0.25, 0.3) is 17.5 Å². The lowest BCUT2D eigenvalue weighted by Crippen LogP contribution is -2.39. The Hall–Kier alpha value is -2.84. The van der Waals surface area contributed by atoms with E-state index in [1.807, 2.05) is 30.3 Å². The Balaban J connectivity index is 1.42. The second-order valence-corrected chi connectivity index (χ2v) is 9.14. The first-order chi connectivity index (χ1) is 14.5. The number of aromatic nitrogens is 2. The minimum atomic E-state index is -3.51. The summed E-state index contributed by atoms with van der Waals surface area (Å²) in [6.07, 6.45) is 3.69. The summed E-state index contributed by atoms with van der Waals surface area (Å²) >= 11 is 0. The normalized spacial score (nSPS) is 18.1. The molecule has 1 fully saturated rings. The lowest BCUT2D eigenvalue weighted by molar-refractivity contribution is 0.248. The van der Waals surface area contributed by atoms with E-state index in [9.17, 15) is 12.8 Å². The second-order valence-electron chi connectivity index (χ2n) is 7.32. The van der Waals surface area contributed by atoms with Gasteiger partial charge in [-0.1, -0.05) is 47.6 Å². The molecule has 2 heterocycles. The summed E-state index contributed by atoms with van der Waals surface area (Å²) in [7, 11) is -3.51. The molecule has 1 aliphatic heterocycles. The van der Waals surface area contributed by atoms with Gasteiger partial charge in [-0.05, 0) is 42.5 Å². The zero-order valence-electron chi connectivity index (χ0n) is 16.3. The Kier molecular flexibility index (Phi) is 6.06. The first kappa shape index (κ1) is 20.4. The van der Waals surface area contributed by atoms with Gasteiger partial charge < -0.3 is 4.52 Å². The Bertz CT molecular complexity index is 1130. The quantitative estimate of drug-likeness (QED) is 0.591. The molecule has 156 valence electrons. The van der Waals surface area contributed by atoms with Crippen LogP contribution in [0.2, 0.25) is 0 Å². The first-order valence-corrected chi connectivity index (χ1v) is 11.3. The number of rotatable bonds is 6. The summed E-state index contributed by atoms with van der Waals surface area (Å²) in [5.41, 5.74) is 1.12. The van der Waals surface area contributed by atoms with Crippen molar-refractivity contribution in [1.82, 2.24) is 14.4 Å². The molecule has 0 aliphatic carbocycles. The molecule has 4 rings (SSSR count). The standard InChI is InChI=1S/C22H22FN3O3S/c23-20-11-5-4-10-19(20)22-24-21(29-25-22)15-18-9-6-13-26(16-18)30(27,28)14-12-17-7-2-1-3-8-17/h1-5,7-8,10-12,14,18H,6,9,13,15-16H2/b14-12+. The van der Waals surface area contributed by atoms with E-state index in [2.05, 4.69) is 10.1 Å². The van der Waals surface area contributed by atoms with Crippen molar-refractivity contribution in [3.63, 3.8) is 0 Å². The van der Waals surface area contributed by atoms with Crippen LogP contribution in [0.4, 0.5) is 4.39 Å². The van der Waals surface area contributed by atoms with E-state index < -0.39 is 15.8 Å². The second kappa shape index (κ2) is 8.89. The van der Waals surface area contributed by atoms with Gasteiger partial charge in [0.2, 0.25) is 21.7 Å². The molecule has 1 aliphatic rings. The fourth-order valence-corrected chi connectivity index (χ4v) is 4.88. The molecule has 0 spiro atoms. The van der Waals surface area contributed by atoms with Crippen molar-refractivity contribution in [2.75, 3.05) is 13.1 Å². The molecule has 1 unspecified atom stereocenters. The van der Waals surface area contributed by atoms with Crippen molar-refractivity contribution in [3.8, 4) is 11.4 Å². The van der Waals surface area contributed by atoms with Gasteiger partial charge in [0.1, 0.15) is 5.82 Å². The molecule has 0 amide bonds. The average molecular weight is 428 g/mol. The van der Waals surface area contributed by atoms with Crippen LogP contribution >= 0.6 is 0 Å². The molecular formula is C22H22FN3O3S. The average Bonchev–Trinajstić information content (AvgIpc) is 3.22. The van der Waals surface area contributed by atoms with Crippen molar-refractivity contribution in [2.24, 2.45) is 5.92 Å². The van der Waals surface area contributed by atoms with Crippen molar-refractivity contribution >= 4 is 16.1 Å². The molecule has 1 atom stereocenters. The van der Waals surface area contributed by atoms with E-state index in [1.165, 1.54) is 15.8 Å². The number of hydrogen-bond acceptors (Lipinski definition) is 5. The number of piperidine rings is 1. The molecule has 0 saturated carbocycles. The predicted molar refractivity (Wildman–Crippen MR) is 112 cm³/mol. The van der Waals surface area contributed by atoms with E-state index in [0.29, 0.717) is 25.4 Å². The molecule has 2 aromatic carbocycles. The molecule has 1 aromatic heterocycles. The number of sulfonamides is 1. The minimum Gasteiger partial charge on any atom is -0.339 e. The van der Waals surface area contributed by atoms with E-state index in [-0.39, 0.29) is 17.3 Å². The van der Waals surface area contributed by atoms with Gasteiger partial charge in [-0.15, -0.1) is 0 Å².